The predicted molar refractivity (Wildman–Crippen MR) is 76.6 cm³/mol. The zero-order valence-electron chi connectivity index (χ0n) is 9.85. The van der Waals surface area contributed by atoms with Crippen LogP contribution in [-0.4, -0.2) is 4.57 Å². The Balaban J connectivity index is 2.69. The summed E-state index contributed by atoms with van der Waals surface area (Å²) in [6, 6.07) is 6.51. The average Bonchev–Trinajstić information content (AvgIpc) is 2.62. The van der Waals surface area contributed by atoms with Gasteiger partial charge in [0.25, 0.3) is 5.56 Å². The lowest BCUT2D eigenvalue weighted by molar-refractivity contribution is 0.624. The summed E-state index contributed by atoms with van der Waals surface area (Å²) in [6.45, 7) is 0. The summed E-state index contributed by atoms with van der Waals surface area (Å²) in [4.78, 5) is 11.9. The van der Waals surface area contributed by atoms with E-state index in [2.05, 4.69) is 15.9 Å². The fourth-order valence-electron chi connectivity index (χ4n) is 1.52. The van der Waals surface area contributed by atoms with Crippen molar-refractivity contribution in [2.45, 2.75) is 0 Å². The van der Waals surface area contributed by atoms with Crippen LogP contribution in [-0.2, 0) is 7.05 Å². The molecule has 1 aromatic heterocycles. The first kappa shape index (κ1) is 13.7. The first-order chi connectivity index (χ1) is 9.02. The normalized spacial score (nSPS) is 12.7. The van der Waals surface area contributed by atoms with Crippen LogP contribution >= 0.6 is 27.3 Å². The molecule has 2 aromatic rings. The van der Waals surface area contributed by atoms with Crippen molar-refractivity contribution in [2.24, 2.45) is 7.05 Å². The maximum atomic E-state index is 13.7. The number of hydrogen-bond donors (Lipinski definition) is 0. The molecular weight excluding hydrogens is 331 g/mol. The van der Waals surface area contributed by atoms with Crippen LogP contribution in [0.15, 0.2) is 27.5 Å². The third-order valence-electron chi connectivity index (χ3n) is 2.50. The van der Waals surface area contributed by atoms with E-state index in [4.69, 9.17) is 5.26 Å². The lowest BCUT2D eigenvalue weighted by Crippen LogP contribution is -2.28. The number of aromatic nitrogens is 1. The van der Waals surface area contributed by atoms with Crippen molar-refractivity contribution >= 4 is 39.4 Å². The highest BCUT2D eigenvalue weighted by atomic mass is 79.9. The molecule has 0 aliphatic carbocycles. The van der Waals surface area contributed by atoms with Crippen LogP contribution in [0.3, 0.4) is 0 Å². The first-order valence-electron chi connectivity index (χ1n) is 5.25. The summed E-state index contributed by atoms with van der Waals surface area (Å²) < 4.78 is 16.6. The maximum Gasteiger partial charge on any atom is 0.268 e. The van der Waals surface area contributed by atoms with Crippen LogP contribution < -0.4 is 14.8 Å². The molecule has 6 heteroatoms. The number of hydrogen-bond acceptors (Lipinski definition) is 3. The fourth-order valence-corrected chi connectivity index (χ4v) is 2.82. The van der Waals surface area contributed by atoms with Gasteiger partial charge in [-0.1, -0.05) is 22.0 Å². The molecule has 0 spiro atoms. The second-order valence-corrected chi connectivity index (χ2v) is 5.73. The molecule has 19 heavy (non-hydrogen) atoms. The zero-order chi connectivity index (χ0) is 14.0. The number of halogens is 2. The minimum atomic E-state index is -0.407. The average molecular weight is 339 g/mol. The molecule has 0 amide bonds. The Morgan fingerprint density at radius 3 is 2.89 bits per heavy atom. The maximum absolute atomic E-state index is 13.7. The summed E-state index contributed by atoms with van der Waals surface area (Å²) >= 11 is 4.33. The van der Waals surface area contributed by atoms with E-state index in [1.807, 2.05) is 6.07 Å². The van der Waals surface area contributed by atoms with Crippen molar-refractivity contribution in [3.8, 4) is 6.07 Å². The molecule has 0 aliphatic heterocycles. The molecule has 0 saturated carbocycles. The Labute approximate surface area is 120 Å². The second kappa shape index (κ2) is 5.51. The molecule has 0 aliphatic rings. The molecule has 0 unspecified atom stereocenters. The van der Waals surface area contributed by atoms with Crippen LogP contribution in [0.2, 0.25) is 0 Å². The van der Waals surface area contributed by atoms with E-state index in [1.165, 1.54) is 22.8 Å². The Morgan fingerprint density at radius 1 is 1.53 bits per heavy atom. The van der Waals surface area contributed by atoms with Crippen molar-refractivity contribution in [3.63, 3.8) is 0 Å². The smallest absolute Gasteiger partial charge is 0.268 e. The molecule has 2 rings (SSSR count). The van der Waals surface area contributed by atoms with Gasteiger partial charge in [-0.2, -0.15) is 5.26 Å². The lowest BCUT2D eigenvalue weighted by atomic mass is 10.2. The third kappa shape index (κ3) is 2.83. The molecule has 0 bridgehead atoms. The van der Waals surface area contributed by atoms with Gasteiger partial charge in [0.15, 0.2) is 0 Å². The predicted octanol–water partition coefficient (Wildman–Crippen LogP) is 1.48. The van der Waals surface area contributed by atoms with E-state index in [0.717, 1.165) is 11.3 Å². The minimum absolute atomic E-state index is 0.242. The van der Waals surface area contributed by atoms with Gasteiger partial charge in [-0.3, -0.25) is 4.79 Å². The molecule has 0 saturated heterocycles. The molecule has 1 aromatic carbocycles. The van der Waals surface area contributed by atoms with E-state index >= 15 is 0 Å². The van der Waals surface area contributed by atoms with Crippen molar-refractivity contribution < 1.29 is 4.39 Å². The van der Waals surface area contributed by atoms with Gasteiger partial charge in [0.1, 0.15) is 10.5 Å². The highest BCUT2D eigenvalue weighted by molar-refractivity contribution is 9.10. The fraction of sp³-hybridized carbons (Fsp3) is 0.0769. The number of nitrogens with zero attached hydrogens (tertiary/aromatic N) is 2. The van der Waals surface area contributed by atoms with Crippen LogP contribution in [0.5, 0.6) is 0 Å². The van der Waals surface area contributed by atoms with Crippen molar-refractivity contribution in [3.05, 3.63) is 53.6 Å². The summed E-state index contributed by atoms with van der Waals surface area (Å²) in [6.07, 6.45) is 2.78. The Kier molecular flexibility index (Phi) is 3.98. The van der Waals surface area contributed by atoms with Gasteiger partial charge in [0, 0.05) is 23.2 Å². The van der Waals surface area contributed by atoms with Gasteiger partial charge in [-0.25, -0.2) is 4.39 Å². The second-order valence-electron chi connectivity index (χ2n) is 3.75. The highest BCUT2D eigenvalue weighted by Gasteiger charge is 2.03. The van der Waals surface area contributed by atoms with Crippen molar-refractivity contribution in [1.82, 2.24) is 4.57 Å². The number of nitriles is 1. The van der Waals surface area contributed by atoms with Crippen LogP contribution in [0.25, 0.3) is 12.2 Å². The topological polar surface area (TPSA) is 45.8 Å². The Bertz CT molecular complexity index is 845. The van der Waals surface area contributed by atoms with Crippen LogP contribution in [0, 0.1) is 17.1 Å². The van der Waals surface area contributed by atoms with Crippen molar-refractivity contribution in [2.75, 3.05) is 0 Å². The van der Waals surface area contributed by atoms with E-state index in [0.29, 0.717) is 19.2 Å². The number of benzene rings is 1. The Hall–Kier alpha value is -1.71. The van der Waals surface area contributed by atoms with Gasteiger partial charge in [0.05, 0.1) is 10.6 Å². The van der Waals surface area contributed by atoms with E-state index in [-0.39, 0.29) is 5.56 Å². The molecular formula is C13H8BrFN2OS. The van der Waals surface area contributed by atoms with Gasteiger partial charge < -0.3 is 4.57 Å². The molecule has 0 radical (unpaired) electrons. The third-order valence-corrected chi connectivity index (χ3v) is 4.10. The largest absolute Gasteiger partial charge is 0.301 e. The van der Waals surface area contributed by atoms with Gasteiger partial charge in [0.2, 0.25) is 0 Å². The van der Waals surface area contributed by atoms with Crippen LogP contribution in [0.4, 0.5) is 4.39 Å². The van der Waals surface area contributed by atoms with E-state index in [1.54, 1.807) is 19.2 Å². The van der Waals surface area contributed by atoms with Gasteiger partial charge in [-0.15, -0.1) is 11.3 Å². The lowest BCUT2D eigenvalue weighted by Gasteiger charge is -1.95. The van der Waals surface area contributed by atoms with Gasteiger partial charge >= 0.3 is 0 Å². The minimum Gasteiger partial charge on any atom is -0.301 e. The monoisotopic (exact) mass is 338 g/mol. The summed E-state index contributed by atoms with van der Waals surface area (Å²) in [5, 5.41) is 8.62. The quantitative estimate of drug-likeness (QED) is 0.790. The van der Waals surface area contributed by atoms with Crippen LogP contribution in [0.1, 0.15) is 5.56 Å². The summed E-state index contributed by atoms with van der Waals surface area (Å²) in [5.74, 6) is -0.407. The number of rotatable bonds is 1. The molecule has 0 fully saturated rings. The number of thiazole rings is 1. The zero-order valence-corrected chi connectivity index (χ0v) is 12.3. The van der Waals surface area contributed by atoms with Crippen molar-refractivity contribution in [1.29, 1.82) is 5.26 Å². The standard InChI is InChI=1S/C13H8BrFN2OS/c1-17-12(4-5-16)19-11(13(17)18)6-8-2-3-9(14)7-10(8)15/h2-4,6-7H,1H3/b11-6+,12-4-. The molecule has 0 N–H and O–H groups in total. The summed E-state index contributed by atoms with van der Waals surface area (Å²) in [5.41, 5.74) is 0.0967. The molecule has 3 nitrogen and oxygen atoms in total. The Morgan fingerprint density at radius 2 is 2.26 bits per heavy atom. The molecule has 0 atom stereocenters. The SMILES string of the molecule is Cn1c(=O)/c(=C\c2ccc(Br)cc2F)s/c1=C\C#N. The van der Waals surface area contributed by atoms with Gasteiger partial charge in [-0.05, 0) is 18.2 Å². The van der Waals surface area contributed by atoms with E-state index < -0.39 is 5.82 Å². The summed E-state index contributed by atoms with van der Waals surface area (Å²) in [7, 11) is 1.58. The molecule has 1 heterocycles. The first-order valence-corrected chi connectivity index (χ1v) is 6.86. The molecule has 96 valence electrons. The highest BCUT2D eigenvalue weighted by Crippen LogP contribution is 2.15. The van der Waals surface area contributed by atoms with E-state index in [9.17, 15) is 9.18 Å².